The van der Waals surface area contributed by atoms with E-state index in [1.165, 1.54) is 4.90 Å². The van der Waals surface area contributed by atoms with Crippen LogP contribution >= 0.6 is 11.6 Å². The first-order valence-electron chi connectivity index (χ1n) is 7.59. The van der Waals surface area contributed by atoms with Crippen LogP contribution in [0.1, 0.15) is 23.6 Å². The Labute approximate surface area is 147 Å². The van der Waals surface area contributed by atoms with Crippen LogP contribution < -0.4 is 9.64 Å². The fourth-order valence-corrected chi connectivity index (χ4v) is 2.68. The number of nitrogens with zero attached hydrogens (tertiary/aromatic N) is 2. The summed E-state index contributed by atoms with van der Waals surface area (Å²) in [6.07, 6.45) is 0.171. The summed E-state index contributed by atoms with van der Waals surface area (Å²) in [6.45, 7) is 1.92. The number of anilines is 1. The molecule has 124 valence electrons. The minimum atomic E-state index is -0.729. The number of rotatable bonds is 6. The molecule has 0 saturated carbocycles. The third-order valence-electron chi connectivity index (χ3n) is 3.76. The second-order valence-corrected chi connectivity index (χ2v) is 5.67. The van der Waals surface area contributed by atoms with Gasteiger partial charge in [0.25, 0.3) is 0 Å². The number of hydrogen-bond donors (Lipinski definition) is 0. The first kappa shape index (κ1) is 17.8. The van der Waals surface area contributed by atoms with Gasteiger partial charge in [-0.3, -0.25) is 9.69 Å². The standard InChI is InChI=1S/C19H19ClN2O2/c1-14-5-3-4-6-17(14)22(19(23)11-12-20)18(13-21)15-7-9-16(24-2)10-8-15/h3-10,18H,11-12H2,1-2H3/t18-/m0/s1. The maximum absolute atomic E-state index is 12.7. The van der Waals surface area contributed by atoms with Crippen LogP contribution in [0, 0.1) is 18.3 Å². The third kappa shape index (κ3) is 3.87. The fourth-order valence-electron chi connectivity index (χ4n) is 2.52. The van der Waals surface area contributed by atoms with Gasteiger partial charge in [0.1, 0.15) is 11.8 Å². The smallest absolute Gasteiger partial charge is 0.229 e. The normalized spacial score (nSPS) is 11.4. The van der Waals surface area contributed by atoms with Crippen molar-refractivity contribution in [3.8, 4) is 11.8 Å². The topological polar surface area (TPSA) is 53.3 Å². The van der Waals surface area contributed by atoms with Crippen LogP contribution in [0.5, 0.6) is 5.75 Å². The number of hydrogen-bond acceptors (Lipinski definition) is 3. The summed E-state index contributed by atoms with van der Waals surface area (Å²) >= 11 is 5.75. The highest BCUT2D eigenvalue weighted by Gasteiger charge is 2.27. The summed E-state index contributed by atoms with van der Waals surface area (Å²) in [5.41, 5.74) is 2.37. The number of alkyl halides is 1. The van der Waals surface area contributed by atoms with Gasteiger partial charge in [-0.1, -0.05) is 30.3 Å². The van der Waals surface area contributed by atoms with Gasteiger partial charge in [0.2, 0.25) is 5.91 Å². The van der Waals surface area contributed by atoms with Crippen molar-refractivity contribution in [1.29, 1.82) is 5.26 Å². The number of carbonyl (C=O) groups excluding carboxylic acids is 1. The van der Waals surface area contributed by atoms with Crippen molar-refractivity contribution >= 4 is 23.2 Å². The second kappa shape index (κ2) is 8.37. The molecule has 0 saturated heterocycles. The lowest BCUT2D eigenvalue weighted by atomic mass is 10.0. The number of methoxy groups -OCH3 is 1. The molecular formula is C19H19ClN2O2. The largest absolute Gasteiger partial charge is 0.497 e. The number of benzene rings is 2. The first-order chi connectivity index (χ1) is 11.6. The van der Waals surface area contributed by atoms with Gasteiger partial charge in [0, 0.05) is 18.0 Å². The van der Waals surface area contributed by atoms with Crippen molar-refractivity contribution in [2.24, 2.45) is 0 Å². The lowest BCUT2D eigenvalue weighted by Gasteiger charge is -2.29. The molecule has 0 radical (unpaired) electrons. The van der Waals surface area contributed by atoms with Crippen LogP contribution in [0.15, 0.2) is 48.5 Å². The highest BCUT2D eigenvalue weighted by Crippen LogP contribution is 2.31. The van der Waals surface area contributed by atoms with E-state index < -0.39 is 6.04 Å². The molecule has 0 fully saturated rings. The van der Waals surface area contributed by atoms with Crippen LogP contribution in [0.2, 0.25) is 0 Å². The minimum Gasteiger partial charge on any atom is -0.497 e. The van der Waals surface area contributed by atoms with E-state index in [4.69, 9.17) is 16.3 Å². The van der Waals surface area contributed by atoms with E-state index in [1.54, 1.807) is 31.4 Å². The Balaban J connectivity index is 2.49. The Hall–Kier alpha value is -2.51. The molecule has 0 spiro atoms. The molecule has 1 amide bonds. The lowest BCUT2D eigenvalue weighted by molar-refractivity contribution is -0.118. The number of carbonyl (C=O) groups is 1. The van der Waals surface area contributed by atoms with Crippen molar-refractivity contribution in [1.82, 2.24) is 0 Å². The van der Waals surface area contributed by atoms with Gasteiger partial charge in [0.15, 0.2) is 0 Å². The van der Waals surface area contributed by atoms with Gasteiger partial charge in [-0.2, -0.15) is 5.26 Å². The fraction of sp³-hybridized carbons (Fsp3) is 0.263. The van der Waals surface area contributed by atoms with Crippen molar-refractivity contribution < 1.29 is 9.53 Å². The summed E-state index contributed by atoms with van der Waals surface area (Å²) in [4.78, 5) is 14.2. The van der Waals surface area contributed by atoms with Crippen molar-refractivity contribution in [3.05, 3.63) is 59.7 Å². The van der Waals surface area contributed by atoms with Gasteiger partial charge < -0.3 is 4.74 Å². The number of para-hydroxylation sites is 1. The quantitative estimate of drug-likeness (QED) is 0.738. The maximum atomic E-state index is 12.7. The van der Waals surface area contributed by atoms with Crippen LogP contribution in [0.25, 0.3) is 0 Å². The molecule has 4 nitrogen and oxygen atoms in total. The molecule has 1 atom stereocenters. The number of aryl methyl sites for hydroxylation is 1. The van der Waals surface area contributed by atoms with Crippen LogP contribution in [0.3, 0.4) is 0 Å². The molecule has 24 heavy (non-hydrogen) atoms. The van der Waals surface area contributed by atoms with E-state index in [0.717, 1.165) is 16.8 Å². The molecule has 2 aromatic rings. The van der Waals surface area contributed by atoms with E-state index in [1.807, 2.05) is 31.2 Å². The predicted octanol–water partition coefficient (Wildman–Crippen LogP) is 4.23. The molecule has 5 heteroatoms. The Morgan fingerprint density at radius 3 is 2.46 bits per heavy atom. The zero-order chi connectivity index (χ0) is 17.5. The molecule has 0 bridgehead atoms. The molecular weight excluding hydrogens is 324 g/mol. The molecule has 2 rings (SSSR count). The monoisotopic (exact) mass is 342 g/mol. The molecule has 0 aliphatic rings. The second-order valence-electron chi connectivity index (χ2n) is 5.29. The van der Waals surface area contributed by atoms with Crippen LogP contribution in [-0.4, -0.2) is 18.9 Å². The summed E-state index contributed by atoms with van der Waals surface area (Å²) in [5.74, 6) is 0.730. The zero-order valence-electron chi connectivity index (χ0n) is 13.7. The van der Waals surface area contributed by atoms with E-state index in [0.29, 0.717) is 5.75 Å². The molecule has 0 aliphatic heterocycles. The summed E-state index contributed by atoms with van der Waals surface area (Å²) in [7, 11) is 1.58. The molecule has 0 heterocycles. The van der Waals surface area contributed by atoms with E-state index >= 15 is 0 Å². The number of halogens is 1. The van der Waals surface area contributed by atoms with Crippen molar-refractivity contribution in [2.45, 2.75) is 19.4 Å². The van der Waals surface area contributed by atoms with Crippen LogP contribution in [0.4, 0.5) is 5.69 Å². The van der Waals surface area contributed by atoms with Gasteiger partial charge >= 0.3 is 0 Å². The van der Waals surface area contributed by atoms with E-state index in [-0.39, 0.29) is 18.2 Å². The molecule has 0 unspecified atom stereocenters. The average molecular weight is 343 g/mol. The number of amides is 1. The highest BCUT2D eigenvalue weighted by molar-refractivity contribution is 6.19. The van der Waals surface area contributed by atoms with E-state index in [2.05, 4.69) is 6.07 Å². The molecule has 0 aromatic heterocycles. The Kier molecular flexibility index (Phi) is 6.22. The Bertz CT molecular complexity index is 738. The number of ether oxygens (including phenoxy) is 1. The highest BCUT2D eigenvalue weighted by atomic mass is 35.5. The number of nitriles is 1. The summed E-state index contributed by atoms with van der Waals surface area (Å²) in [5, 5.41) is 9.74. The Morgan fingerprint density at radius 2 is 1.92 bits per heavy atom. The van der Waals surface area contributed by atoms with Gasteiger partial charge in [-0.15, -0.1) is 11.6 Å². The average Bonchev–Trinajstić information content (AvgIpc) is 2.61. The predicted molar refractivity (Wildman–Crippen MR) is 95.4 cm³/mol. The van der Waals surface area contributed by atoms with Crippen molar-refractivity contribution in [3.63, 3.8) is 0 Å². The van der Waals surface area contributed by atoms with Crippen LogP contribution in [-0.2, 0) is 4.79 Å². The van der Waals surface area contributed by atoms with Gasteiger partial charge in [-0.05, 0) is 36.2 Å². The maximum Gasteiger partial charge on any atom is 0.229 e. The zero-order valence-corrected chi connectivity index (χ0v) is 14.5. The first-order valence-corrected chi connectivity index (χ1v) is 8.13. The van der Waals surface area contributed by atoms with Gasteiger partial charge in [-0.25, -0.2) is 0 Å². The summed E-state index contributed by atoms with van der Waals surface area (Å²) < 4.78 is 5.15. The SMILES string of the molecule is COc1ccc([C@H](C#N)N(C(=O)CCCl)c2ccccc2C)cc1. The Morgan fingerprint density at radius 1 is 1.25 bits per heavy atom. The molecule has 2 aromatic carbocycles. The van der Waals surface area contributed by atoms with E-state index in [9.17, 15) is 10.1 Å². The van der Waals surface area contributed by atoms with Gasteiger partial charge in [0.05, 0.1) is 13.2 Å². The third-order valence-corrected chi connectivity index (χ3v) is 3.95. The molecule has 0 N–H and O–H groups in total. The molecule has 0 aliphatic carbocycles. The minimum absolute atomic E-state index is 0.171. The summed E-state index contributed by atoms with van der Waals surface area (Å²) in [6, 6.07) is 16.2. The van der Waals surface area contributed by atoms with Crippen molar-refractivity contribution in [2.75, 3.05) is 17.9 Å². The lowest BCUT2D eigenvalue weighted by Crippen LogP contribution is -2.35.